The molecule has 1 fully saturated rings. The van der Waals surface area contributed by atoms with Crippen molar-refractivity contribution < 1.29 is 37.0 Å². The predicted molar refractivity (Wildman–Crippen MR) is 127 cm³/mol. The molecular formula is C27H23F4N3O4. The lowest BCUT2D eigenvalue weighted by Crippen LogP contribution is -2.55. The molecule has 1 saturated heterocycles. The highest BCUT2D eigenvalue weighted by Gasteiger charge is 2.45. The summed E-state index contributed by atoms with van der Waals surface area (Å²) in [7, 11) is 0. The molecule has 11 heteroatoms. The normalized spacial score (nSPS) is 20.9. The molecule has 7 nitrogen and oxygen atoms in total. The van der Waals surface area contributed by atoms with Gasteiger partial charge in [-0.1, -0.05) is 30.3 Å². The molecule has 3 heterocycles. The number of fused-ring (bicyclic) bond motifs is 4. The molecule has 0 aliphatic carbocycles. The molecule has 2 bridgehead atoms. The average Bonchev–Trinajstić information content (AvgIpc) is 3.06. The van der Waals surface area contributed by atoms with Gasteiger partial charge in [0.05, 0.1) is 17.4 Å². The van der Waals surface area contributed by atoms with Gasteiger partial charge in [-0.15, -0.1) is 0 Å². The molecule has 38 heavy (non-hydrogen) atoms. The molecule has 1 unspecified atom stereocenters. The molecule has 3 aliphatic heterocycles. The first-order valence-electron chi connectivity index (χ1n) is 11.9. The van der Waals surface area contributed by atoms with Crippen molar-refractivity contribution in [3.05, 3.63) is 106 Å². The maximum Gasteiger partial charge on any atom is 0.274 e. The Hall–Kier alpha value is -4.12. The van der Waals surface area contributed by atoms with E-state index in [1.54, 1.807) is 24.3 Å². The summed E-state index contributed by atoms with van der Waals surface area (Å²) >= 11 is 0. The summed E-state index contributed by atoms with van der Waals surface area (Å²) in [6, 6.07) is 9.33. The molecule has 3 aliphatic rings. The number of ether oxygens (including phenoxy) is 1. The summed E-state index contributed by atoms with van der Waals surface area (Å²) < 4.78 is 61.7. The van der Waals surface area contributed by atoms with Crippen molar-refractivity contribution in [2.45, 2.75) is 31.7 Å². The number of hydrogen-bond acceptors (Lipinski definition) is 5. The van der Waals surface area contributed by atoms with Crippen LogP contribution in [0.25, 0.3) is 0 Å². The Morgan fingerprint density at radius 2 is 1.82 bits per heavy atom. The Labute approximate surface area is 215 Å². The number of carbonyl (C=O) groups is 2. The molecule has 2 aromatic carbocycles. The minimum absolute atomic E-state index is 0.0139. The molecule has 0 saturated carbocycles. The lowest BCUT2D eigenvalue weighted by atomic mass is 9.97. The van der Waals surface area contributed by atoms with Crippen LogP contribution in [0.2, 0.25) is 0 Å². The van der Waals surface area contributed by atoms with Crippen LogP contribution in [0.15, 0.2) is 77.6 Å². The van der Waals surface area contributed by atoms with Gasteiger partial charge in [0.25, 0.3) is 11.8 Å². The van der Waals surface area contributed by atoms with Gasteiger partial charge < -0.3 is 25.0 Å². The third kappa shape index (κ3) is 4.89. The summed E-state index contributed by atoms with van der Waals surface area (Å²) in [6.07, 6.45) is 0.796. The van der Waals surface area contributed by atoms with Crippen LogP contribution in [0, 0.1) is 17.5 Å². The largest absolute Gasteiger partial charge is 0.488 e. The van der Waals surface area contributed by atoms with Crippen LogP contribution in [0.1, 0.15) is 17.5 Å². The number of halogens is 4. The van der Waals surface area contributed by atoms with Gasteiger partial charge in [-0.25, -0.2) is 17.6 Å². The maximum atomic E-state index is 14.4. The average molecular weight is 529 g/mol. The number of amides is 2. The molecule has 0 spiro atoms. The van der Waals surface area contributed by atoms with E-state index in [1.165, 1.54) is 22.1 Å². The zero-order valence-corrected chi connectivity index (χ0v) is 20.0. The summed E-state index contributed by atoms with van der Waals surface area (Å²) in [5, 5.41) is 13.5. The Kier molecular flexibility index (Phi) is 6.94. The minimum atomic E-state index is -1.70. The molecule has 2 aromatic rings. The first kappa shape index (κ1) is 25.5. The topological polar surface area (TPSA) is 82.1 Å². The lowest BCUT2D eigenvalue weighted by Gasteiger charge is -2.44. The van der Waals surface area contributed by atoms with Crippen LogP contribution in [-0.4, -0.2) is 52.0 Å². The molecule has 0 aromatic heterocycles. The van der Waals surface area contributed by atoms with E-state index < -0.39 is 59.3 Å². The van der Waals surface area contributed by atoms with Crippen LogP contribution in [0.4, 0.5) is 17.6 Å². The lowest BCUT2D eigenvalue weighted by molar-refractivity contribution is -0.133. The maximum absolute atomic E-state index is 14.4. The zero-order valence-electron chi connectivity index (χ0n) is 20.0. The van der Waals surface area contributed by atoms with Crippen molar-refractivity contribution in [2.24, 2.45) is 0 Å². The third-order valence-corrected chi connectivity index (χ3v) is 6.62. The van der Waals surface area contributed by atoms with Crippen LogP contribution in [0.5, 0.6) is 0 Å². The highest BCUT2D eigenvalue weighted by molar-refractivity contribution is 5.99. The Morgan fingerprint density at radius 1 is 1.11 bits per heavy atom. The van der Waals surface area contributed by atoms with Gasteiger partial charge in [0.1, 0.15) is 35.9 Å². The fraction of sp³-hybridized carbons (Fsp3) is 0.259. The minimum Gasteiger partial charge on any atom is -0.488 e. The van der Waals surface area contributed by atoms with Gasteiger partial charge in [-0.2, -0.15) is 0 Å². The van der Waals surface area contributed by atoms with Gasteiger partial charge in [0.15, 0.2) is 5.76 Å². The van der Waals surface area contributed by atoms with Crippen molar-refractivity contribution in [1.82, 2.24) is 15.1 Å². The van der Waals surface area contributed by atoms with Gasteiger partial charge in [0, 0.05) is 50.0 Å². The Bertz CT molecular complexity index is 1350. The molecule has 2 N–H and O–H groups in total. The summed E-state index contributed by atoms with van der Waals surface area (Å²) in [5.74, 6) is -5.49. The standard InChI is InChI=1S/C27H23F4N3O4/c28-16-6-7-33-12-18(8-16)34-13-20(26(36)32-11-19-21(30)9-17(29)10-22(19)31)24(35)25(23(34)27(33)37)38-14-15-4-2-1-3-5-15/h1-6,9-10,13,18,24,35H,7-8,11-12,14H2,(H,32,36)/t18-,24?/m0/s1. The second-order valence-corrected chi connectivity index (χ2v) is 9.13. The molecule has 5 rings (SSSR count). The van der Waals surface area contributed by atoms with Gasteiger partial charge in [-0.05, 0) is 11.6 Å². The monoisotopic (exact) mass is 529 g/mol. The number of hydrogen-bond donors (Lipinski definition) is 2. The van der Waals surface area contributed by atoms with Crippen LogP contribution in [-0.2, 0) is 27.5 Å². The molecule has 2 amide bonds. The second kappa shape index (κ2) is 10.3. The van der Waals surface area contributed by atoms with Crippen molar-refractivity contribution >= 4 is 11.8 Å². The van der Waals surface area contributed by atoms with Crippen molar-refractivity contribution in [3.8, 4) is 0 Å². The van der Waals surface area contributed by atoms with E-state index in [-0.39, 0.29) is 43.1 Å². The smallest absolute Gasteiger partial charge is 0.274 e. The molecule has 198 valence electrons. The number of aliphatic hydroxyl groups is 1. The van der Waals surface area contributed by atoms with E-state index in [0.29, 0.717) is 12.1 Å². The number of nitrogens with zero attached hydrogens (tertiary/aromatic N) is 2. The van der Waals surface area contributed by atoms with E-state index >= 15 is 0 Å². The Balaban J connectivity index is 1.46. The fourth-order valence-corrected chi connectivity index (χ4v) is 4.68. The number of carbonyl (C=O) groups excluding carboxylic acids is 2. The van der Waals surface area contributed by atoms with Crippen molar-refractivity contribution in [3.63, 3.8) is 0 Å². The zero-order chi connectivity index (χ0) is 27.0. The van der Waals surface area contributed by atoms with Crippen LogP contribution >= 0.6 is 0 Å². The fourth-order valence-electron chi connectivity index (χ4n) is 4.68. The highest BCUT2D eigenvalue weighted by Crippen LogP contribution is 2.36. The summed E-state index contributed by atoms with van der Waals surface area (Å²) in [4.78, 5) is 29.3. The number of piperazine rings is 1. The van der Waals surface area contributed by atoms with E-state index in [0.717, 1.165) is 5.56 Å². The first-order chi connectivity index (χ1) is 18.2. The van der Waals surface area contributed by atoms with Crippen molar-refractivity contribution in [1.29, 1.82) is 0 Å². The van der Waals surface area contributed by atoms with Gasteiger partial charge in [0.2, 0.25) is 0 Å². The SMILES string of the molecule is O=C(NCc1c(F)cc(F)cc1F)C1=CN2C(=C(OCc3ccccc3)C1O)C(=O)N1CC=C(F)C[C@H]2C1. The number of nitrogens with one attached hydrogen (secondary N) is 1. The van der Waals surface area contributed by atoms with Crippen LogP contribution in [0.3, 0.4) is 0 Å². The quantitative estimate of drug-likeness (QED) is 0.562. The van der Waals surface area contributed by atoms with E-state index in [1.807, 2.05) is 6.07 Å². The first-order valence-corrected chi connectivity index (χ1v) is 11.9. The highest BCUT2D eigenvalue weighted by atomic mass is 19.1. The van der Waals surface area contributed by atoms with Crippen molar-refractivity contribution in [2.75, 3.05) is 13.1 Å². The molecule has 2 atom stereocenters. The number of benzene rings is 2. The number of rotatable bonds is 6. The van der Waals surface area contributed by atoms with Gasteiger partial charge >= 0.3 is 0 Å². The van der Waals surface area contributed by atoms with E-state index in [2.05, 4.69) is 5.32 Å². The number of aliphatic hydroxyl groups excluding tert-OH is 1. The molecule has 0 radical (unpaired) electrons. The van der Waals surface area contributed by atoms with Gasteiger partial charge in [-0.3, -0.25) is 9.59 Å². The van der Waals surface area contributed by atoms with Crippen LogP contribution < -0.4 is 5.32 Å². The third-order valence-electron chi connectivity index (χ3n) is 6.62. The second-order valence-electron chi connectivity index (χ2n) is 9.13. The summed E-state index contributed by atoms with van der Waals surface area (Å²) in [5.41, 5.74) is -0.118. The van der Waals surface area contributed by atoms with E-state index in [4.69, 9.17) is 4.74 Å². The molecular weight excluding hydrogens is 506 g/mol. The predicted octanol–water partition coefficient (Wildman–Crippen LogP) is 3.18. The summed E-state index contributed by atoms with van der Waals surface area (Å²) in [6.45, 7) is -0.445. The Morgan fingerprint density at radius 3 is 2.53 bits per heavy atom. The van der Waals surface area contributed by atoms with E-state index in [9.17, 15) is 32.3 Å².